The first-order chi connectivity index (χ1) is 10.6. The van der Waals surface area contributed by atoms with Crippen molar-refractivity contribution in [2.45, 2.75) is 13.5 Å². The molecule has 7 heteroatoms. The number of rotatable bonds is 6. The van der Waals surface area contributed by atoms with Crippen LogP contribution in [-0.2, 0) is 20.5 Å². The van der Waals surface area contributed by atoms with Gasteiger partial charge in [0.25, 0.3) is 0 Å². The Hall–Kier alpha value is -2.43. The SMILES string of the molecule is Cc1ccc(O[P+](=O)ONC(=O)OCc2ccccc2)cc1. The minimum absolute atomic E-state index is 0.0889. The smallest absolute Gasteiger partial charge is 0.443 e. The van der Waals surface area contributed by atoms with Gasteiger partial charge in [0.05, 0.1) is 0 Å². The number of hydroxylamine groups is 1. The van der Waals surface area contributed by atoms with Crippen LogP contribution in [-0.4, -0.2) is 6.09 Å². The van der Waals surface area contributed by atoms with E-state index in [2.05, 4.69) is 4.62 Å². The molecular formula is C15H15NO5P+. The molecule has 0 aliphatic carbocycles. The molecule has 0 fully saturated rings. The number of nitrogens with one attached hydrogen (secondary N) is 1. The van der Waals surface area contributed by atoms with Gasteiger partial charge in [-0.05, 0) is 24.6 Å². The highest BCUT2D eigenvalue weighted by Crippen LogP contribution is 2.26. The van der Waals surface area contributed by atoms with Gasteiger partial charge in [-0.2, -0.15) is 0 Å². The van der Waals surface area contributed by atoms with Gasteiger partial charge in [0.15, 0.2) is 5.75 Å². The van der Waals surface area contributed by atoms with E-state index in [1.807, 2.05) is 42.7 Å². The first-order valence-electron chi connectivity index (χ1n) is 6.49. The van der Waals surface area contributed by atoms with Crippen molar-refractivity contribution in [1.29, 1.82) is 0 Å². The van der Waals surface area contributed by atoms with Gasteiger partial charge < -0.3 is 4.74 Å². The molecular weight excluding hydrogens is 305 g/mol. The van der Waals surface area contributed by atoms with Crippen LogP contribution in [0.25, 0.3) is 0 Å². The van der Waals surface area contributed by atoms with Crippen molar-refractivity contribution in [1.82, 2.24) is 5.48 Å². The standard InChI is InChI=1S/C15H14NO5P/c1-12-7-9-14(10-8-12)20-22(18)21-16-15(17)19-11-13-5-3-2-4-6-13/h2-10H,11H2,1H3/p+1. The average molecular weight is 320 g/mol. The number of ether oxygens (including phenoxy) is 1. The van der Waals surface area contributed by atoms with Gasteiger partial charge in [-0.1, -0.05) is 48.0 Å². The summed E-state index contributed by atoms with van der Waals surface area (Å²) in [5.41, 5.74) is 3.79. The minimum Gasteiger partial charge on any atom is -0.443 e. The van der Waals surface area contributed by atoms with Crippen molar-refractivity contribution < 1.29 is 23.2 Å². The lowest BCUT2D eigenvalue weighted by molar-refractivity contribution is 0.0933. The van der Waals surface area contributed by atoms with Gasteiger partial charge in [-0.15, -0.1) is 5.48 Å². The van der Waals surface area contributed by atoms with E-state index >= 15 is 0 Å². The first kappa shape index (κ1) is 15.9. The quantitative estimate of drug-likeness (QED) is 0.645. The van der Waals surface area contributed by atoms with E-state index in [1.165, 1.54) is 0 Å². The van der Waals surface area contributed by atoms with Crippen LogP contribution in [0.15, 0.2) is 54.6 Å². The van der Waals surface area contributed by atoms with E-state index in [1.54, 1.807) is 24.3 Å². The fourth-order valence-electron chi connectivity index (χ4n) is 1.53. The van der Waals surface area contributed by atoms with Crippen LogP contribution in [0, 0.1) is 6.92 Å². The maximum atomic E-state index is 11.5. The van der Waals surface area contributed by atoms with Crippen LogP contribution in [0.2, 0.25) is 0 Å². The van der Waals surface area contributed by atoms with Crippen LogP contribution >= 0.6 is 8.25 Å². The fraction of sp³-hybridized carbons (Fsp3) is 0.133. The van der Waals surface area contributed by atoms with Gasteiger partial charge in [0.1, 0.15) is 6.61 Å². The van der Waals surface area contributed by atoms with Crippen molar-refractivity contribution in [3.63, 3.8) is 0 Å². The van der Waals surface area contributed by atoms with Crippen LogP contribution in [0.3, 0.4) is 0 Å². The molecule has 22 heavy (non-hydrogen) atoms. The molecule has 0 aliphatic heterocycles. The molecule has 0 spiro atoms. The highest BCUT2D eigenvalue weighted by Gasteiger charge is 2.24. The van der Waals surface area contributed by atoms with Crippen LogP contribution < -0.4 is 10.0 Å². The molecule has 0 bridgehead atoms. The van der Waals surface area contributed by atoms with Gasteiger partial charge >= 0.3 is 14.3 Å². The topological polar surface area (TPSA) is 73.9 Å². The summed E-state index contributed by atoms with van der Waals surface area (Å²) >= 11 is 0. The molecule has 2 aromatic rings. The molecule has 0 saturated carbocycles. The van der Waals surface area contributed by atoms with Crippen LogP contribution in [0.5, 0.6) is 5.75 Å². The Balaban J connectivity index is 1.69. The van der Waals surface area contributed by atoms with Crippen LogP contribution in [0.1, 0.15) is 11.1 Å². The molecule has 6 nitrogen and oxygen atoms in total. The van der Waals surface area contributed by atoms with Crippen molar-refractivity contribution in [3.05, 3.63) is 65.7 Å². The number of carbonyl (C=O) groups excluding carboxylic acids is 1. The molecule has 1 atom stereocenters. The second-order valence-corrected chi connectivity index (χ2v) is 5.20. The van der Waals surface area contributed by atoms with Crippen molar-refractivity contribution >= 4 is 14.3 Å². The van der Waals surface area contributed by atoms with Crippen molar-refractivity contribution in [2.24, 2.45) is 0 Å². The summed E-state index contributed by atoms with van der Waals surface area (Å²) in [6.45, 7) is 2.01. The lowest BCUT2D eigenvalue weighted by atomic mass is 10.2. The molecule has 1 unspecified atom stereocenters. The van der Waals surface area contributed by atoms with E-state index in [0.29, 0.717) is 5.75 Å². The fourth-order valence-corrected chi connectivity index (χ4v) is 2.01. The molecule has 2 aromatic carbocycles. The maximum Gasteiger partial charge on any atom is 0.774 e. The molecule has 1 amide bonds. The second kappa shape index (κ2) is 8.12. The van der Waals surface area contributed by atoms with Crippen LogP contribution in [0.4, 0.5) is 4.79 Å². The highest BCUT2D eigenvalue weighted by molar-refractivity contribution is 7.33. The molecule has 114 valence electrons. The second-order valence-electron chi connectivity index (χ2n) is 4.38. The predicted molar refractivity (Wildman–Crippen MR) is 80.3 cm³/mol. The molecule has 0 saturated heterocycles. The Kier molecular flexibility index (Phi) is 5.89. The lowest BCUT2D eigenvalue weighted by Gasteiger charge is -2.02. The Labute approximate surface area is 128 Å². The molecule has 2 rings (SSSR count). The zero-order chi connectivity index (χ0) is 15.8. The Morgan fingerprint density at radius 3 is 2.45 bits per heavy atom. The van der Waals surface area contributed by atoms with E-state index in [9.17, 15) is 9.36 Å². The summed E-state index contributed by atoms with van der Waals surface area (Å²) in [6, 6.07) is 16.1. The largest absolute Gasteiger partial charge is 0.774 e. The number of carbonyl (C=O) groups is 1. The monoisotopic (exact) mass is 320 g/mol. The predicted octanol–water partition coefficient (Wildman–Crippen LogP) is 3.89. The maximum absolute atomic E-state index is 11.5. The zero-order valence-electron chi connectivity index (χ0n) is 11.9. The molecule has 0 aliphatic rings. The number of amides is 1. The summed E-state index contributed by atoms with van der Waals surface area (Å²) in [5.74, 6) is 0.381. The van der Waals surface area contributed by atoms with Gasteiger partial charge in [-0.25, -0.2) is 9.32 Å². The Morgan fingerprint density at radius 1 is 1.09 bits per heavy atom. The Bertz CT molecular complexity index is 630. The third-order valence-electron chi connectivity index (χ3n) is 2.62. The van der Waals surface area contributed by atoms with Gasteiger partial charge in [-0.3, -0.25) is 0 Å². The number of hydrogen-bond donors (Lipinski definition) is 1. The summed E-state index contributed by atoms with van der Waals surface area (Å²) in [5, 5.41) is 0. The average Bonchev–Trinajstić information content (AvgIpc) is 2.54. The summed E-state index contributed by atoms with van der Waals surface area (Å²) in [4.78, 5) is 11.4. The number of aryl methyl sites for hydroxylation is 1. The molecule has 0 heterocycles. The van der Waals surface area contributed by atoms with E-state index in [-0.39, 0.29) is 6.61 Å². The summed E-state index contributed by atoms with van der Waals surface area (Å²) in [6.07, 6.45) is -0.847. The number of hydrogen-bond acceptors (Lipinski definition) is 5. The zero-order valence-corrected chi connectivity index (χ0v) is 12.8. The number of benzene rings is 2. The van der Waals surface area contributed by atoms with Crippen molar-refractivity contribution in [2.75, 3.05) is 0 Å². The Morgan fingerprint density at radius 2 is 1.77 bits per heavy atom. The highest BCUT2D eigenvalue weighted by atomic mass is 31.1. The van der Waals surface area contributed by atoms with E-state index < -0.39 is 14.3 Å². The minimum atomic E-state index is -2.53. The summed E-state index contributed by atoms with van der Waals surface area (Å²) < 4.78 is 26.0. The van der Waals surface area contributed by atoms with Crippen molar-refractivity contribution in [3.8, 4) is 5.75 Å². The third-order valence-corrected chi connectivity index (χ3v) is 3.22. The molecule has 0 aromatic heterocycles. The molecule has 1 N–H and O–H groups in total. The lowest BCUT2D eigenvalue weighted by Crippen LogP contribution is -2.22. The first-order valence-corrected chi connectivity index (χ1v) is 7.58. The third kappa shape index (κ3) is 5.52. The normalized spacial score (nSPS) is 10.7. The van der Waals surface area contributed by atoms with Gasteiger partial charge in [0, 0.05) is 9.19 Å². The van der Waals surface area contributed by atoms with Gasteiger partial charge in [0.2, 0.25) is 0 Å². The summed E-state index contributed by atoms with van der Waals surface area (Å²) in [7, 11) is -2.53. The molecule has 0 radical (unpaired) electrons. The van der Waals surface area contributed by atoms with E-state index in [0.717, 1.165) is 11.1 Å². The van der Waals surface area contributed by atoms with E-state index in [4.69, 9.17) is 9.26 Å².